The summed E-state index contributed by atoms with van der Waals surface area (Å²) >= 11 is 0. The van der Waals surface area contributed by atoms with Gasteiger partial charge in [-0.3, -0.25) is 14.3 Å². The lowest BCUT2D eigenvalue weighted by Crippen LogP contribution is -2.36. The molecule has 0 saturated carbocycles. The maximum Gasteiger partial charge on any atom is 0.269 e. The molecular weight excluding hydrogens is 336 g/mol. The van der Waals surface area contributed by atoms with Crippen LogP contribution in [-0.2, 0) is 22.6 Å². The van der Waals surface area contributed by atoms with Crippen LogP contribution in [0.4, 0.5) is 5.69 Å². The Morgan fingerprint density at radius 1 is 1.35 bits per heavy atom. The van der Waals surface area contributed by atoms with Crippen LogP contribution in [0.5, 0.6) is 5.75 Å². The topological polar surface area (TPSA) is 99.7 Å². The summed E-state index contributed by atoms with van der Waals surface area (Å²) in [5, 5.41) is 4.38. The molecule has 0 fully saturated rings. The highest BCUT2D eigenvalue weighted by molar-refractivity contribution is 5.98. The number of para-hydroxylation sites is 2. The van der Waals surface area contributed by atoms with Crippen molar-refractivity contribution >= 4 is 17.5 Å². The maximum absolute atomic E-state index is 13.1. The Morgan fingerprint density at radius 3 is 2.96 bits per heavy atom. The van der Waals surface area contributed by atoms with Crippen LogP contribution in [0.1, 0.15) is 34.2 Å². The second kappa shape index (κ2) is 6.45. The summed E-state index contributed by atoms with van der Waals surface area (Å²) < 4.78 is 13.1. The van der Waals surface area contributed by atoms with Gasteiger partial charge in [0.05, 0.1) is 18.0 Å². The monoisotopic (exact) mass is 356 g/mol. The van der Waals surface area contributed by atoms with Gasteiger partial charge >= 0.3 is 0 Å². The molecule has 2 N–H and O–H groups in total. The number of carbonyl (C=O) groups is 2. The fourth-order valence-electron chi connectivity index (χ4n) is 3.51. The first-order valence-electron chi connectivity index (χ1n) is 8.55. The number of primary amides is 1. The molecule has 0 aliphatic carbocycles. The lowest BCUT2D eigenvalue weighted by Gasteiger charge is -2.21. The van der Waals surface area contributed by atoms with Gasteiger partial charge in [-0.15, -0.1) is 0 Å². The average Bonchev–Trinajstić information content (AvgIpc) is 2.78. The van der Waals surface area contributed by atoms with Crippen molar-refractivity contribution in [3.63, 3.8) is 0 Å². The van der Waals surface area contributed by atoms with Crippen molar-refractivity contribution in [2.45, 2.75) is 25.5 Å². The molecule has 136 valence electrons. The highest BCUT2D eigenvalue weighted by Gasteiger charge is 2.35. The van der Waals surface area contributed by atoms with E-state index in [0.717, 1.165) is 17.7 Å². The number of amides is 2. The van der Waals surface area contributed by atoms with Crippen molar-refractivity contribution in [2.24, 2.45) is 5.73 Å². The molecular formula is C18H20N4O4. The molecule has 0 unspecified atom stereocenters. The Hall–Kier alpha value is -2.87. The maximum atomic E-state index is 13.1. The average molecular weight is 356 g/mol. The van der Waals surface area contributed by atoms with E-state index < -0.39 is 11.9 Å². The first-order valence-corrected chi connectivity index (χ1v) is 8.55. The van der Waals surface area contributed by atoms with E-state index in [-0.39, 0.29) is 24.8 Å². The number of nitrogens with two attached hydrogens (primary N) is 1. The van der Waals surface area contributed by atoms with E-state index in [2.05, 4.69) is 5.10 Å². The number of likely N-dealkylation sites (N-methyl/N-ethyl adjacent to an activating group) is 1. The molecule has 1 aromatic heterocycles. The van der Waals surface area contributed by atoms with Gasteiger partial charge in [-0.1, -0.05) is 12.1 Å². The summed E-state index contributed by atoms with van der Waals surface area (Å²) in [5.74, 6) is -0.128. The van der Waals surface area contributed by atoms with Crippen molar-refractivity contribution in [1.29, 1.82) is 0 Å². The van der Waals surface area contributed by atoms with Crippen LogP contribution in [0.25, 0.3) is 0 Å². The molecule has 0 radical (unpaired) electrons. The van der Waals surface area contributed by atoms with Gasteiger partial charge in [-0.25, -0.2) is 0 Å². The van der Waals surface area contributed by atoms with Crippen molar-refractivity contribution in [3.8, 4) is 5.75 Å². The second-order valence-electron chi connectivity index (χ2n) is 6.43. The summed E-state index contributed by atoms with van der Waals surface area (Å²) in [7, 11) is 1.70. The molecule has 4 rings (SSSR count). The van der Waals surface area contributed by atoms with Crippen LogP contribution >= 0.6 is 0 Å². The fourth-order valence-corrected chi connectivity index (χ4v) is 3.51. The zero-order chi connectivity index (χ0) is 18.3. The lowest BCUT2D eigenvalue weighted by molar-refractivity contribution is -0.122. The summed E-state index contributed by atoms with van der Waals surface area (Å²) in [6, 6.07) is 6.66. The number of benzene rings is 1. The first kappa shape index (κ1) is 16.6. The van der Waals surface area contributed by atoms with Gasteiger partial charge in [0.1, 0.15) is 12.4 Å². The number of aromatic nitrogens is 2. The Labute approximate surface area is 150 Å². The molecule has 3 heterocycles. The Morgan fingerprint density at radius 2 is 2.15 bits per heavy atom. The van der Waals surface area contributed by atoms with E-state index in [9.17, 15) is 9.59 Å². The van der Waals surface area contributed by atoms with Crippen molar-refractivity contribution < 1.29 is 19.1 Å². The fraction of sp³-hybridized carbons (Fsp3) is 0.389. The zero-order valence-corrected chi connectivity index (χ0v) is 14.5. The number of fused-ring (bicyclic) bond motifs is 2. The van der Waals surface area contributed by atoms with Gasteiger partial charge in [0.25, 0.3) is 11.8 Å². The van der Waals surface area contributed by atoms with E-state index in [4.69, 9.17) is 15.2 Å². The molecule has 2 aliphatic heterocycles. The van der Waals surface area contributed by atoms with E-state index in [0.29, 0.717) is 24.5 Å². The van der Waals surface area contributed by atoms with Crippen LogP contribution in [0, 0.1) is 0 Å². The Kier molecular flexibility index (Phi) is 4.12. The third-order valence-corrected chi connectivity index (χ3v) is 4.84. The minimum Gasteiger partial charge on any atom is -0.489 e. The van der Waals surface area contributed by atoms with Gasteiger partial charge < -0.3 is 20.1 Å². The predicted molar refractivity (Wildman–Crippen MR) is 93.1 cm³/mol. The summed E-state index contributed by atoms with van der Waals surface area (Å²) in [4.78, 5) is 26.5. The Balaban J connectivity index is 1.78. The third kappa shape index (κ3) is 2.62. The summed E-state index contributed by atoms with van der Waals surface area (Å²) in [5.41, 5.74) is 7.91. The molecule has 2 amide bonds. The molecule has 1 atom stereocenters. The van der Waals surface area contributed by atoms with Gasteiger partial charge in [-0.05, 0) is 25.0 Å². The normalized spacial score (nSPS) is 19.8. The number of anilines is 1. The molecule has 26 heavy (non-hydrogen) atoms. The molecule has 8 heteroatoms. The number of nitrogens with zero attached hydrogens (tertiary/aromatic N) is 3. The molecule has 1 aromatic carbocycles. The SMILES string of the molecule is CN1C(=O)[C@@H](n2nc(C(N)=O)c3c2COCCC3)COc2ccccc21. The summed E-state index contributed by atoms with van der Waals surface area (Å²) in [6.45, 7) is 0.996. The number of carbonyl (C=O) groups excluding carboxylic acids is 2. The van der Waals surface area contributed by atoms with Crippen LogP contribution in [0.15, 0.2) is 24.3 Å². The largest absolute Gasteiger partial charge is 0.489 e. The van der Waals surface area contributed by atoms with Crippen molar-refractivity contribution in [2.75, 3.05) is 25.2 Å². The number of rotatable bonds is 2. The molecule has 0 bridgehead atoms. The standard InChI is InChI=1S/C18H20N4O4/c1-21-12-6-2-3-7-15(12)26-10-14(18(21)24)22-13-9-25-8-4-5-11(13)16(20-22)17(19)23/h2-3,6-7,14H,4-5,8-10H2,1H3,(H2,19,23)/t14-/m0/s1. The zero-order valence-electron chi connectivity index (χ0n) is 14.5. The minimum absolute atomic E-state index is 0.118. The third-order valence-electron chi connectivity index (χ3n) is 4.84. The van der Waals surface area contributed by atoms with Gasteiger partial charge in [0.15, 0.2) is 11.7 Å². The van der Waals surface area contributed by atoms with Crippen LogP contribution in [0.3, 0.4) is 0 Å². The van der Waals surface area contributed by atoms with Crippen molar-refractivity contribution in [1.82, 2.24) is 9.78 Å². The van der Waals surface area contributed by atoms with Crippen molar-refractivity contribution in [3.05, 3.63) is 41.2 Å². The highest BCUT2D eigenvalue weighted by Crippen LogP contribution is 2.33. The molecule has 2 aliphatic rings. The number of hydrogen-bond donors (Lipinski definition) is 1. The quantitative estimate of drug-likeness (QED) is 0.867. The molecule has 0 saturated heterocycles. The van der Waals surface area contributed by atoms with E-state index in [1.807, 2.05) is 24.3 Å². The van der Waals surface area contributed by atoms with Crippen LogP contribution in [-0.4, -0.2) is 41.9 Å². The minimum atomic E-state index is -0.698. The second-order valence-corrected chi connectivity index (χ2v) is 6.43. The van der Waals surface area contributed by atoms with Gasteiger partial charge in [0.2, 0.25) is 0 Å². The smallest absolute Gasteiger partial charge is 0.269 e. The highest BCUT2D eigenvalue weighted by atomic mass is 16.5. The molecule has 0 spiro atoms. The van der Waals surface area contributed by atoms with Crippen LogP contribution < -0.4 is 15.4 Å². The lowest BCUT2D eigenvalue weighted by atomic mass is 10.1. The van der Waals surface area contributed by atoms with Crippen LogP contribution in [0.2, 0.25) is 0 Å². The van der Waals surface area contributed by atoms with E-state index in [1.165, 1.54) is 0 Å². The van der Waals surface area contributed by atoms with E-state index in [1.54, 1.807) is 16.6 Å². The van der Waals surface area contributed by atoms with E-state index >= 15 is 0 Å². The number of ether oxygens (including phenoxy) is 2. The number of hydrogen-bond acceptors (Lipinski definition) is 5. The Bertz CT molecular complexity index is 876. The molecule has 8 nitrogen and oxygen atoms in total. The predicted octanol–water partition coefficient (Wildman–Crippen LogP) is 1.04. The first-order chi connectivity index (χ1) is 12.6. The molecule has 2 aromatic rings. The summed E-state index contributed by atoms with van der Waals surface area (Å²) in [6.07, 6.45) is 1.42. The van der Waals surface area contributed by atoms with Gasteiger partial charge in [-0.2, -0.15) is 5.10 Å². The van der Waals surface area contributed by atoms with Gasteiger partial charge in [0, 0.05) is 19.2 Å².